The van der Waals surface area contributed by atoms with Gasteiger partial charge in [0.05, 0.1) is 18.7 Å². The number of hydrogen-bond acceptors (Lipinski definition) is 6. The van der Waals surface area contributed by atoms with Crippen LogP contribution in [0.4, 0.5) is 10.5 Å². The molecule has 38 heavy (non-hydrogen) atoms. The number of amides is 2. The highest BCUT2D eigenvalue weighted by molar-refractivity contribution is 7.09. The number of nitrogens with one attached hydrogen (secondary N) is 1. The lowest BCUT2D eigenvalue weighted by molar-refractivity contribution is 0.0643. The fraction of sp³-hybridized carbons (Fsp3) is 0.414. The van der Waals surface area contributed by atoms with Gasteiger partial charge < -0.3 is 15.4 Å². The number of nitrogens with two attached hydrogens (primary N) is 1. The number of rotatable bonds is 10. The van der Waals surface area contributed by atoms with Gasteiger partial charge in [-0.1, -0.05) is 42.5 Å². The SMILES string of the molecule is N=C(N)c1cccc(N2CC(COCc3ccccc3)CN(CC3CCN(Cc4cncs4)CC3)C2=O)c1. The van der Waals surface area contributed by atoms with Crippen molar-refractivity contribution in [3.8, 4) is 0 Å². The van der Waals surface area contributed by atoms with E-state index in [4.69, 9.17) is 15.9 Å². The van der Waals surface area contributed by atoms with Crippen molar-refractivity contribution in [3.63, 3.8) is 0 Å². The molecule has 0 bridgehead atoms. The second kappa shape index (κ2) is 12.5. The quantitative estimate of drug-likeness (QED) is 0.298. The summed E-state index contributed by atoms with van der Waals surface area (Å²) in [6.45, 7) is 6.21. The van der Waals surface area contributed by atoms with Gasteiger partial charge in [-0.3, -0.25) is 20.2 Å². The van der Waals surface area contributed by atoms with Crippen LogP contribution in [-0.2, 0) is 17.9 Å². The third kappa shape index (κ3) is 6.78. The normalized spacial score (nSPS) is 19.2. The maximum absolute atomic E-state index is 13.7. The van der Waals surface area contributed by atoms with E-state index in [0.29, 0.717) is 37.8 Å². The van der Waals surface area contributed by atoms with E-state index in [1.165, 1.54) is 4.88 Å². The number of amidine groups is 1. The number of likely N-dealkylation sites (tertiary alicyclic amines) is 1. The molecule has 0 aliphatic carbocycles. The molecule has 0 saturated carbocycles. The Bertz CT molecular complexity index is 1200. The molecule has 8 nitrogen and oxygen atoms in total. The van der Waals surface area contributed by atoms with Gasteiger partial charge >= 0.3 is 6.03 Å². The van der Waals surface area contributed by atoms with E-state index in [-0.39, 0.29) is 17.8 Å². The third-order valence-electron chi connectivity index (χ3n) is 7.40. The van der Waals surface area contributed by atoms with Gasteiger partial charge in [0.2, 0.25) is 0 Å². The van der Waals surface area contributed by atoms with Gasteiger partial charge in [-0.25, -0.2) is 4.79 Å². The van der Waals surface area contributed by atoms with Crippen LogP contribution >= 0.6 is 11.3 Å². The van der Waals surface area contributed by atoms with Gasteiger partial charge in [0.15, 0.2) is 0 Å². The Hall–Kier alpha value is -3.27. The summed E-state index contributed by atoms with van der Waals surface area (Å²) in [5.74, 6) is 0.663. The molecular weight excluding hydrogens is 496 g/mol. The molecule has 1 aromatic heterocycles. The van der Waals surface area contributed by atoms with E-state index in [1.807, 2.05) is 57.9 Å². The molecule has 2 saturated heterocycles. The molecule has 3 N–H and O–H groups in total. The number of piperidine rings is 1. The molecule has 2 aliphatic heterocycles. The van der Waals surface area contributed by atoms with Crippen LogP contribution in [-0.4, -0.2) is 66.0 Å². The number of anilines is 1. The summed E-state index contributed by atoms with van der Waals surface area (Å²) < 4.78 is 6.11. The van der Waals surface area contributed by atoms with Crippen LogP contribution in [0.2, 0.25) is 0 Å². The minimum absolute atomic E-state index is 0.000924. The Balaban J connectivity index is 1.24. The van der Waals surface area contributed by atoms with E-state index in [0.717, 1.165) is 50.3 Å². The van der Waals surface area contributed by atoms with Crippen LogP contribution < -0.4 is 10.6 Å². The first-order valence-electron chi connectivity index (χ1n) is 13.3. The topological polar surface area (TPSA) is 98.8 Å². The first kappa shape index (κ1) is 26.3. The lowest BCUT2D eigenvalue weighted by Crippen LogP contribution is -2.56. The summed E-state index contributed by atoms with van der Waals surface area (Å²) in [6, 6.07) is 17.6. The van der Waals surface area contributed by atoms with Gasteiger partial charge in [0.1, 0.15) is 5.84 Å². The maximum Gasteiger partial charge on any atom is 0.324 e. The van der Waals surface area contributed by atoms with Gasteiger partial charge in [0, 0.05) is 54.4 Å². The van der Waals surface area contributed by atoms with Crippen molar-refractivity contribution in [1.82, 2.24) is 14.8 Å². The Kier molecular flexibility index (Phi) is 8.68. The molecule has 3 heterocycles. The van der Waals surface area contributed by atoms with Gasteiger partial charge in [-0.15, -0.1) is 11.3 Å². The van der Waals surface area contributed by atoms with E-state index in [1.54, 1.807) is 17.4 Å². The minimum atomic E-state index is 0.000924. The molecule has 200 valence electrons. The average Bonchev–Trinajstić information content (AvgIpc) is 3.45. The number of carbonyl (C=O) groups is 1. The minimum Gasteiger partial charge on any atom is -0.384 e. The second-order valence-corrected chi connectivity index (χ2v) is 11.3. The van der Waals surface area contributed by atoms with Crippen molar-refractivity contribution in [1.29, 1.82) is 5.41 Å². The molecule has 1 atom stereocenters. The first-order valence-corrected chi connectivity index (χ1v) is 14.2. The zero-order valence-electron chi connectivity index (χ0n) is 21.7. The van der Waals surface area contributed by atoms with Gasteiger partial charge in [-0.2, -0.15) is 0 Å². The standard InChI is InChI=1S/C29H36N6O2S/c30-28(31)25-7-4-8-26(13-25)35-17-24(20-37-19-23-5-2-1-3-6-23)16-34(29(35)36)15-22-9-11-33(12-10-22)18-27-14-32-21-38-27/h1-8,13-14,21-22,24H,9-12,15-20H2,(H3,30,31). The average molecular weight is 533 g/mol. The highest BCUT2D eigenvalue weighted by Gasteiger charge is 2.35. The fourth-order valence-electron chi connectivity index (χ4n) is 5.37. The summed E-state index contributed by atoms with van der Waals surface area (Å²) in [4.78, 5) is 25.5. The van der Waals surface area contributed by atoms with Gasteiger partial charge in [-0.05, 0) is 49.5 Å². The van der Waals surface area contributed by atoms with Crippen LogP contribution in [0.5, 0.6) is 0 Å². The summed E-state index contributed by atoms with van der Waals surface area (Å²) in [6.07, 6.45) is 4.12. The summed E-state index contributed by atoms with van der Waals surface area (Å²) in [5.41, 5.74) is 10.2. The number of carbonyl (C=O) groups excluding carboxylic acids is 1. The predicted molar refractivity (Wildman–Crippen MR) is 151 cm³/mol. The predicted octanol–water partition coefficient (Wildman–Crippen LogP) is 4.41. The molecule has 3 aromatic rings. The van der Waals surface area contributed by atoms with E-state index in [2.05, 4.69) is 22.0 Å². The summed E-state index contributed by atoms with van der Waals surface area (Å²) in [5, 5.41) is 7.83. The fourth-order valence-corrected chi connectivity index (χ4v) is 6.00. The molecular formula is C29H36N6O2S. The monoisotopic (exact) mass is 532 g/mol. The van der Waals surface area contributed by atoms with Crippen LogP contribution in [0, 0.1) is 17.2 Å². The zero-order valence-corrected chi connectivity index (χ0v) is 22.5. The Morgan fingerprint density at radius 3 is 2.63 bits per heavy atom. The van der Waals surface area contributed by atoms with E-state index in [9.17, 15) is 4.79 Å². The number of thiazole rings is 1. The molecule has 2 fully saturated rings. The van der Waals surface area contributed by atoms with E-state index >= 15 is 0 Å². The van der Waals surface area contributed by atoms with Crippen molar-refractivity contribution in [2.75, 3.05) is 44.2 Å². The highest BCUT2D eigenvalue weighted by Crippen LogP contribution is 2.27. The molecule has 2 aromatic carbocycles. The maximum atomic E-state index is 13.7. The largest absolute Gasteiger partial charge is 0.384 e. The lowest BCUT2D eigenvalue weighted by Gasteiger charge is -2.42. The molecule has 2 aliphatic rings. The van der Waals surface area contributed by atoms with Crippen molar-refractivity contribution in [2.45, 2.75) is 26.0 Å². The molecule has 0 radical (unpaired) electrons. The van der Waals surface area contributed by atoms with Crippen molar-refractivity contribution in [3.05, 3.63) is 82.3 Å². The third-order valence-corrected chi connectivity index (χ3v) is 8.17. The number of ether oxygens (including phenoxy) is 1. The van der Waals surface area contributed by atoms with Crippen LogP contribution in [0.1, 0.15) is 28.8 Å². The van der Waals surface area contributed by atoms with Crippen molar-refractivity contribution < 1.29 is 9.53 Å². The molecule has 9 heteroatoms. The van der Waals surface area contributed by atoms with Crippen LogP contribution in [0.25, 0.3) is 0 Å². The molecule has 1 unspecified atom stereocenters. The number of urea groups is 1. The highest BCUT2D eigenvalue weighted by atomic mass is 32.1. The molecule has 5 rings (SSSR count). The van der Waals surface area contributed by atoms with Crippen LogP contribution in [0.3, 0.4) is 0 Å². The van der Waals surface area contributed by atoms with Crippen molar-refractivity contribution >= 4 is 28.9 Å². The number of nitrogens with zero attached hydrogens (tertiary/aromatic N) is 4. The lowest BCUT2D eigenvalue weighted by atomic mass is 9.95. The molecule has 0 spiro atoms. The number of hydrogen-bond donors (Lipinski definition) is 2. The number of aromatic nitrogens is 1. The van der Waals surface area contributed by atoms with Crippen molar-refractivity contribution in [2.24, 2.45) is 17.6 Å². The number of benzene rings is 2. The molecule has 2 amide bonds. The first-order chi connectivity index (χ1) is 18.5. The Morgan fingerprint density at radius 2 is 1.89 bits per heavy atom. The second-order valence-electron chi connectivity index (χ2n) is 10.3. The van der Waals surface area contributed by atoms with Crippen LogP contribution in [0.15, 0.2) is 66.3 Å². The Labute approximate surface area is 228 Å². The number of nitrogen functional groups attached to an aromatic ring is 1. The van der Waals surface area contributed by atoms with Gasteiger partial charge in [0.25, 0.3) is 0 Å². The zero-order chi connectivity index (χ0) is 26.3. The smallest absolute Gasteiger partial charge is 0.324 e. The summed E-state index contributed by atoms with van der Waals surface area (Å²) >= 11 is 1.71. The van der Waals surface area contributed by atoms with E-state index < -0.39 is 0 Å². The Morgan fingerprint density at radius 1 is 1.08 bits per heavy atom. The summed E-state index contributed by atoms with van der Waals surface area (Å²) in [7, 11) is 0.